The van der Waals surface area contributed by atoms with Crippen molar-refractivity contribution >= 4 is 24.0 Å². The Morgan fingerprint density at radius 3 is 2.14 bits per heavy atom. The maximum absolute atomic E-state index is 13.2. The van der Waals surface area contributed by atoms with Crippen molar-refractivity contribution in [3.05, 3.63) is 35.9 Å². The van der Waals surface area contributed by atoms with Gasteiger partial charge >= 0.3 is 0 Å². The second kappa shape index (κ2) is 11.5. The van der Waals surface area contributed by atoms with Gasteiger partial charge in [0.05, 0.1) is 12.1 Å². The summed E-state index contributed by atoms with van der Waals surface area (Å²) in [5.41, 5.74) is 6.76. The number of hydrogen-bond acceptors (Lipinski definition) is 5. The SMILES string of the molecule is CC(=O)N(C(=O)[C@@H](NC(=O)[C@@H](N)CC(C)C)C(C)C)[C@H](C=O)Cc1ccccc1. The molecule has 0 unspecified atom stereocenters. The minimum absolute atomic E-state index is 0.210. The van der Waals surface area contributed by atoms with Crippen LogP contribution in [0.25, 0.3) is 0 Å². The first-order valence-electron chi connectivity index (χ1n) is 9.97. The third-order valence-corrected chi connectivity index (χ3v) is 4.65. The van der Waals surface area contributed by atoms with E-state index in [1.54, 1.807) is 13.8 Å². The third-order valence-electron chi connectivity index (χ3n) is 4.65. The number of nitrogens with one attached hydrogen (secondary N) is 1. The maximum atomic E-state index is 13.2. The summed E-state index contributed by atoms with van der Waals surface area (Å²) < 4.78 is 0. The molecule has 0 spiro atoms. The molecule has 3 atom stereocenters. The molecule has 7 nitrogen and oxygen atoms in total. The average Bonchev–Trinajstić information content (AvgIpc) is 2.64. The van der Waals surface area contributed by atoms with Crippen molar-refractivity contribution in [2.75, 3.05) is 0 Å². The monoisotopic (exact) mass is 403 g/mol. The molecular weight excluding hydrogens is 370 g/mol. The van der Waals surface area contributed by atoms with Crippen LogP contribution in [0.3, 0.4) is 0 Å². The van der Waals surface area contributed by atoms with Gasteiger partial charge in [-0.15, -0.1) is 0 Å². The van der Waals surface area contributed by atoms with Crippen molar-refractivity contribution in [2.45, 2.75) is 65.6 Å². The van der Waals surface area contributed by atoms with E-state index < -0.39 is 35.8 Å². The van der Waals surface area contributed by atoms with Gasteiger partial charge in [-0.05, 0) is 23.8 Å². The fourth-order valence-corrected chi connectivity index (χ4v) is 3.15. The molecule has 0 saturated carbocycles. The van der Waals surface area contributed by atoms with Crippen LogP contribution in [0.2, 0.25) is 0 Å². The smallest absolute Gasteiger partial charge is 0.252 e. The van der Waals surface area contributed by atoms with E-state index in [-0.39, 0.29) is 18.3 Å². The van der Waals surface area contributed by atoms with Crippen molar-refractivity contribution in [2.24, 2.45) is 17.6 Å². The Labute approximate surface area is 173 Å². The fraction of sp³-hybridized carbons (Fsp3) is 0.545. The molecule has 0 aliphatic carbocycles. The van der Waals surface area contributed by atoms with Gasteiger partial charge in [-0.1, -0.05) is 58.0 Å². The highest BCUT2D eigenvalue weighted by atomic mass is 16.2. The second-order valence-corrected chi connectivity index (χ2v) is 8.09. The summed E-state index contributed by atoms with van der Waals surface area (Å²) in [5, 5.41) is 2.68. The number of hydrogen-bond donors (Lipinski definition) is 2. The lowest BCUT2D eigenvalue weighted by Gasteiger charge is -2.32. The topological polar surface area (TPSA) is 110 Å². The largest absolute Gasteiger partial charge is 0.343 e. The van der Waals surface area contributed by atoms with Crippen molar-refractivity contribution in [1.29, 1.82) is 0 Å². The summed E-state index contributed by atoms with van der Waals surface area (Å²) >= 11 is 0. The van der Waals surface area contributed by atoms with E-state index in [1.807, 2.05) is 44.2 Å². The van der Waals surface area contributed by atoms with E-state index in [0.717, 1.165) is 10.5 Å². The third kappa shape index (κ3) is 7.42. The summed E-state index contributed by atoms with van der Waals surface area (Å²) in [5.74, 6) is -1.66. The van der Waals surface area contributed by atoms with Crippen LogP contribution in [0.15, 0.2) is 30.3 Å². The van der Waals surface area contributed by atoms with E-state index in [9.17, 15) is 19.2 Å². The lowest BCUT2D eigenvalue weighted by Crippen LogP contribution is -2.58. The van der Waals surface area contributed by atoms with Gasteiger partial charge in [-0.2, -0.15) is 0 Å². The molecular formula is C22H33N3O4. The molecule has 1 aromatic carbocycles. The quantitative estimate of drug-likeness (QED) is 0.578. The van der Waals surface area contributed by atoms with Gasteiger partial charge in [0.25, 0.3) is 5.91 Å². The first-order valence-corrected chi connectivity index (χ1v) is 9.97. The van der Waals surface area contributed by atoms with Crippen LogP contribution in [-0.4, -0.2) is 47.0 Å². The first-order chi connectivity index (χ1) is 13.6. The Morgan fingerprint density at radius 2 is 1.69 bits per heavy atom. The standard InChI is InChI=1S/C22H33N3O4/c1-14(2)11-19(23)21(28)24-20(15(3)4)22(29)25(16(5)27)18(13-26)12-17-9-7-6-8-10-17/h6-10,13-15,18-20H,11-12,23H2,1-5H3,(H,24,28)/t18-,19-,20-/m0/s1. The lowest BCUT2D eigenvalue weighted by atomic mass is 9.98. The molecule has 0 fully saturated rings. The maximum Gasteiger partial charge on any atom is 0.252 e. The van der Waals surface area contributed by atoms with Gasteiger partial charge in [0.1, 0.15) is 12.3 Å². The number of rotatable bonds is 10. The predicted molar refractivity (Wildman–Crippen MR) is 112 cm³/mol. The van der Waals surface area contributed by atoms with Gasteiger partial charge < -0.3 is 15.8 Å². The summed E-state index contributed by atoms with van der Waals surface area (Å²) in [6.45, 7) is 8.68. The molecule has 0 radical (unpaired) electrons. The molecule has 160 valence electrons. The van der Waals surface area contributed by atoms with E-state index in [1.165, 1.54) is 6.92 Å². The van der Waals surface area contributed by atoms with Crippen LogP contribution in [0.5, 0.6) is 0 Å². The van der Waals surface area contributed by atoms with Crippen LogP contribution >= 0.6 is 0 Å². The molecule has 29 heavy (non-hydrogen) atoms. The number of carbonyl (C=O) groups excluding carboxylic acids is 4. The van der Waals surface area contributed by atoms with E-state index in [4.69, 9.17) is 5.73 Å². The van der Waals surface area contributed by atoms with Gasteiger partial charge in [0.2, 0.25) is 11.8 Å². The zero-order valence-corrected chi connectivity index (χ0v) is 17.9. The minimum Gasteiger partial charge on any atom is -0.343 e. The minimum atomic E-state index is -0.956. The van der Waals surface area contributed by atoms with Crippen LogP contribution < -0.4 is 11.1 Å². The predicted octanol–water partition coefficient (Wildman–Crippen LogP) is 1.69. The van der Waals surface area contributed by atoms with Gasteiger partial charge in [-0.25, -0.2) is 0 Å². The Balaban J connectivity index is 3.06. The molecule has 0 heterocycles. The number of nitrogens with two attached hydrogens (primary N) is 1. The highest BCUT2D eigenvalue weighted by Gasteiger charge is 2.35. The number of aldehydes is 1. The Hall–Kier alpha value is -2.54. The molecule has 3 N–H and O–H groups in total. The Morgan fingerprint density at radius 1 is 1.10 bits per heavy atom. The summed E-state index contributed by atoms with van der Waals surface area (Å²) in [6, 6.07) is 6.48. The summed E-state index contributed by atoms with van der Waals surface area (Å²) in [7, 11) is 0. The molecule has 1 rings (SSSR count). The number of nitrogens with zero attached hydrogens (tertiary/aromatic N) is 1. The highest BCUT2D eigenvalue weighted by molar-refractivity contribution is 6.01. The van der Waals surface area contributed by atoms with Crippen molar-refractivity contribution in [3.8, 4) is 0 Å². The fourth-order valence-electron chi connectivity index (χ4n) is 3.15. The summed E-state index contributed by atoms with van der Waals surface area (Å²) in [4.78, 5) is 50.6. The molecule has 0 aromatic heterocycles. The molecule has 0 saturated heterocycles. The zero-order valence-electron chi connectivity index (χ0n) is 17.9. The lowest BCUT2D eigenvalue weighted by molar-refractivity contribution is -0.151. The molecule has 7 heteroatoms. The van der Waals surface area contributed by atoms with Crippen LogP contribution in [-0.2, 0) is 25.6 Å². The van der Waals surface area contributed by atoms with E-state index in [0.29, 0.717) is 12.7 Å². The molecule has 0 aliphatic rings. The van der Waals surface area contributed by atoms with Crippen LogP contribution in [0.1, 0.15) is 46.6 Å². The zero-order chi connectivity index (χ0) is 22.1. The first kappa shape index (κ1) is 24.5. The Kier molecular flexibility index (Phi) is 9.68. The van der Waals surface area contributed by atoms with Gasteiger partial charge in [-0.3, -0.25) is 19.3 Å². The van der Waals surface area contributed by atoms with E-state index in [2.05, 4.69) is 5.32 Å². The molecule has 1 aromatic rings. The summed E-state index contributed by atoms with van der Waals surface area (Å²) in [6.07, 6.45) is 1.28. The number of imide groups is 1. The number of benzene rings is 1. The Bertz CT molecular complexity index is 703. The highest BCUT2D eigenvalue weighted by Crippen LogP contribution is 2.14. The van der Waals surface area contributed by atoms with E-state index >= 15 is 0 Å². The van der Waals surface area contributed by atoms with Crippen molar-refractivity contribution in [3.63, 3.8) is 0 Å². The number of amides is 3. The molecule has 3 amide bonds. The molecule has 0 aliphatic heterocycles. The normalized spacial score (nSPS) is 14.2. The van der Waals surface area contributed by atoms with Gasteiger partial charge in [0.15, 0.2) is 0 Å². The van der Waals surface area contributed by atoms with Crippen LogP contribution in [0, 0.1) is 11.8 Å². The van der Waals surface area contributed by atoms with Crippen molar-refractivity contribution < 1.29 is 19.2 Å². The van der Waals surface area contributed by atoms with Crippen LogP contribution in [0.4, 0.5) is 0 Å². The second-order valence-electron chi connectivity index (χ2n) is 8.09. The number of carbonyl (C=O) groups is 4. The molecule has 0 bridgehead atoms. The van der Waals surface area contributed by atoms with Crippen molar-refractivity contribution in [1.82, 2.24) is 10.2 Å². The van der Waals surface area contributed by atoms with Gasteiger partial charge in [0, 0.05) is 13.3 Å². The average molecular weight is 404 g/mol.